The zero-order valence-corrected chi connectivity index (χ0v) is 16.9. The van der Waals surface area contributed by atoms with Crippen molar-refractivity contribution in [1.82, 2.24) is 0 Å². The Morgan fingerprint density at radius 3 is 1.82 bits per heavy atom. The second-order valence-corrected chi connectivity index (χ2v) is 8.88. The standard InChI is InChI=1S/C24H25NO2S/c1-19(18-28(27,25-2)22-16-10-5-11-17-22)23(20-12-6-3-7-13-20)24(26)21-14-8-4-9-15-21/h3-18,23-24,26H,1-2H3/b19-18-/t23-,24-,28+/m0/s1. The first-order chi connectivity index (χ1) is 13.5. The van der Waals surface area contributed by atoms with Crippen LogP contribution in [0.3, 0.4) is 0 Å². The van der Waals surface area contributed by atoms with Gasteiger partial charge in [0.1, 0.15) is 0 Å². The van der Waals surface area contributed by atoms with Gasteiger partial charge in [0, 0.05) is 18.4 Å². The molecule has 3 nitrogen and oxygen atoms in total. The van der Waals surface area contributed by atoms with Gasteiger partial charge < -0.3 is 5.11 Å². The number of aliphatic hydroxyl groups excluding tert-OH is 1. The second kappa shape index (κ2) is 9.00. The summed E-state index contributed by atoms with van der Waals surface area (Å²) in [5.74, 6) is -0.324. The molecule has 0 saturated heterocycles. The molecule has 0 radical (unpaired) electrons. The van der Waals surface area contributed by atoms with Gasteiger partial charge in [0.05, 0.1) is 20.7 Å². The van der Waals surface area contributed by atoms with E-state index in [4.69, 9.17) is 0 Å². The zero-order chi connectivity index (χ0) is 20.0. The summed E-state index contributed by atoms with van der Waals surface area (Å²) >= 11 is 0. The molecule has 3 aromatic carbocycles. The molecule has 3 atom stereocenters. The fraction of sp³-hybridized carbons (Fsp3) is 0.167. The molecule has 0 aliphatic rings. The van der Waals surface area contributed by atoms with Gasteiger partial charge in [-0.2, -0.15) is 0 Å². The van der Waals surface area contributed by atoms with E-state index in [2.05, 4.69) is 4.36 Å². The third-order valence-corrected chi connectivity index (χ3v) is 6.99. The fourth-order valence-corrected chi connectivity index (χ4v) is 5.01. The fourth-order valence-electron chi connectivity index (χ4n) is 3.36. The molecule has 0 spiro atoms. The highest BCUT2D eigenvalue weighted by Crippen LogP contribution is 2.37. The summed E-state index contributed by atoms with van der Waals surface area (Å²) in [7, 11) is -1.15. The monoisotopic (exact) mass is 391 g/mol. The molecule has 0 aliphatic heterocycles. The van der Waals surface area contributed by atoms with Crippen LogP contribution in [0.1, 0.15) is 30.1 Å². The molecule has 0 saturated carbocycles. The molecule has 0 unspecified atom stereocenters. The highest BCUT2D eigenvalue weighted by molar-refractivity contribution is 7.96. The molecule has 0 heterocycles. The van der Waals surface area contributed by atoms with Crippen molar-refractivity contribution in [3.63, 3.8) is 0 Å². The lowest BCUT2D eigenvalue weighted by Gasteiger charge is -2.25. The smallest absolute Gasteiger partial charge is 0.0966 e. The van der Waals surface area contributed by atoms with Crippen LogP contribution in [0.5, 0.6) is 0 Å². The van der Waals surface area contributed by atoms with Crippen LogP contribution in [-0.2, 0) is 9.73 Å². The minimum Gasteiger partial charge on any atom is -0.387 e. The number of hydrogen-bond acceptors (Lipinski definition) is 3. The first-order valence-electron chi connectivity index (χ1n) is 9.21. The van der Waals surface area contributed by atoms with Crippen molar-refractivity contribution in [2.24, 2.45) is 4.36 Å². The van der Waals surface area contributed by atoms with Gasteiger partial charge in [0.25, 0.3) is 0 Å². The van der Waals surface area contributed by atoms with Crippen LogP contribution >= 0.6 is 0 Å². The summed E-state index contributed by atoms with van der Waals surface area (Å²) in [5, 5.41) is 12.9. The number of rotatable bonds is 6. The van der Waals surface area contributed by atoms with Gasteiger partial charge in [0.15, 0.2) is 0 Å². The van der Waals surface area contributed by atoms with E-state index in [1.54, 1.807) is 12.5 Å². The SMILES string of the molecule is CN=[S@@](=O)(/C=C(/C)[C@@H](c1ccccc1)[C@@H](O)c1ccccc1)c1ccccc1. The lowest BCUT2D eigenvalue weighted by atomic mass is 9.84. The average molecular weight is 392 g/mol. The minimum absolute atomic E-state index is 0.324. The maximum absolute atomic E-state index is 13.5. The first-order valence-corrected chi connectivity index (χ1v) is 10.8. The molecule has 1 N–H and O–H groups in total. The predicted octanol–water partition coefficient (Wildman–Crippen LogP) is 5.56. The van der Waals surface area contributed by atoms with Crippen molar-refractivity contribution >= 4 is 9.73 Å². The number of aliphatic hydroxyl groups is 1. The van der Waals surface area contributed by atoms with Crippen molar-refractivity contribution in [2.75, 3.05) is 7.05 Å². The van der Waals surface area contributed by atoms with E-state index in [1.165, 1.54) is 0 Å². The van der Waals surface area contributed by atoms with E-state index in [0.717, 1.165) is 16.7 Å². The summed E-state index contributed by atoms with van der Waals surface area (Å²) in [6, 6.07) is 28.6. The average Bonchev–Trinajstić information content (AvgIpc) is 2.75. The Bertz CT molecular complexity index is 1040. The first kappa shape index (κ1) is 20.1. The Hall–Kier alpha value is -2.69. The van der Waals surface area contributed by atoms with E-state index in [-0.39, 0.29) is 5.92 Å². The number of benzene rings is 3. The van der Waals surface area contributed by atoms with Gasteiger partial charge in [-0.3, -0.25) is 0 Å². The highest BCUT2D eigenvalue weighted by Gasteiger charge is 2.25. The van der Waals surface area contributed by atoms with Crippen LogP contribution in [0.25, 0.3) is 0 Å². The van der Waals surface area contributed by atoms with Crippen molar-refractivity contribution in [3.05, 3.63) is 113 Å². The number of nitrogens with zero attached hydrogens (tertiary/aromatic N) is 1. The molecular formula is C24H25NO2S. The van der Waals surface area contributed by atoms with E-state index < -0.39 is 15.8 Å². The summed E-state index contributed by atoms with van der Waals surface area (Å²) in [6.45, 7) is 1.91. The molecule has 0 aromatic heterocycles. The van der Waals surface area contributed by atoms with Crippen LogP contribution in [0.4, 0.5) is 0 Å². The Labute approximate surface area is 167 Å². The van der Waals surface area contributed by atoms with E-state index in [1.807, 2.05) is 97.9 Å². The van der Waals surface area contributed by atoms with Crippen molar-refractivity contribution < 1.29 is 9.32 Å². The lowest BCUT2D eigenvalue weighted by molar-refractivity contribution is 0.158. The van der Waals surface area contributed by atoms with Gasteiger partial charge in [-0.15, -0.1) is 0 Å². The maximum atomic E-state index is 13.5. The van der Waals surface area contributed by atoms with E-state index in [0.29, 0.717) is 4.90 Å². The Morgan fingerprint density at radius 1 is 0.857 bits per heavy atom. The third-order valence-electron chi connectivity index (χ3n) is 4.80. The summed E-state index contributed by atoms with van der Waals surface area (Å²) in [5.41, 5.74) is 2.62. The van der Waals surface area contributed by atoms with Crippen LogP contribution in [0.2, 0.25) is 0 Å². The molecule has 3 rings (SSSR count). The Kier molecular flexibility index (Phi) is 6.45. The molecule has 3 aromatic rings. The molecule has 0 amide bonds. The lowest BCUT2D eigenvalue weighted by Crippen LogP contribution is -2.13. The molecule has 0 bridgehead atoms. The van der Waals surface area contributed by atoms with Crippen molar-refractivity contribution in [1.29, 1.82) is 0 Å². The van der Waals surface area contributed by atoms with E-state index in [9.17, 15) is 9.32 Å². The summed E-state index contributed by atoms with van der Waals surface area (Å²) in [4.78, 5) is 0.665. The zero-order valence-electron chi connectivity index (χ0n) is 16.1. The Morgan fingerprint density at radius 2 is 1.32 bits per heavy atom. The summed E-state index contributed by atoms with van der Waals surface area (Å²) < 4.78 is 17.7. The molecule has 28 heavy (non-hydrogen) atoms. The summed E-state index contributed by atoms with van der Waals surface area (Å²) in [6.07, 6.45) is -0.754. The highest BCUT2D eigenvalue weighted by atomic mass is 32.2. The van der Waals surface area contributed by atoms with Crippen LogP contribution < -0.4 is 0 Å². The largest absolute Gasteiger partial charge is 0.387 e. The predicted molar refractivity (Wildman–Crippen MR) is 116 cm³/mol. The van der Waals surface area contributed by atoms with Crippen molar-refractivity contribution in [2.45, 2.75) is 23.8 Å². The van der Waals surface area contributed by atoms with Gasteiger partial charge in [-0.25, -0.2) is 8.57 Å². The normalized spacial score (nSPS) is 16.0. The van der Waals surface area contributed by atoms with Crippen LogP contribution in [0.15, 0.2) is 111 Å². The minimum atomic E-state index is -2.72. The number of hydrogen-bond donors (Lipinski definition) is 1. The molecule has 4 heteroatoms. The topological polar surface area (TPSA) is 49.7 Å². The van der Waals surface area contributed by atoms with Crippen LogP contribution in [0, 0.1) is 0 Å². The molecule has 0 fully saturated rings. The van der Waals surface area contributed by atoms with Gasteiger partial charge in [0.2, 0.25) is 0 Å². The van der Waals surface area contributed by atoms with Crippen molar-refractivity contribution in [3.8, 4) is 0 Å². The van der Waals surface area contributed by atoms with Gasteiger partial charge in [-0.1, -0.05) is 84.4 Å². The molecule has 0 aliphatic carbocycles. The van der Waals surface area contributed by atoms with Gasteiger partial charge >= 0.3 is 0 Å². The Balaban J connectivity index is 2.10. The third kappa shape index (κ3) is 4.41. The quantitative estimate of drug-likeness (QED) is 0.598. The van der Waals surface area contributed by atoms with E-state index >= 15 is 0 Å². The second-order valence-electron chi connectivity index (χ2n) is 6.67. The van der Waals surface area contributed by atoms with Crippen LogP contribution in [-0.4, -0.2) is 16.4 Å². The maximum Gasteiger partial charge on any atom is 0.0966 e. The van der Waals surface area contributed by atoms with Gasteiger partial charge in [-0.05, 0) is 30.2 Å². The molecule has 144 valence electrons. The molecular weight excluding hydrogens is 366 g/mol.